The minimum absolute atomic E-state index is 0.0377. The molecule has 0 spiro atoms. The summed E-state index contributed by atoms with van der Waals surface area (Å²) < 4.78 is 15.6. The number of aliphatic carboxylic acids is 1. The third kappa shape index (κ3) is 10.4. The molecule has 0 radical (unpaired) electrons. The molecular weight excluding hydrogens is 698 g/mol. The Morgan fingerprint density at radius 3 is 2.33 bits per heavy atom. The second-order valence-electron chi connectivity index (χ2n) is 13.6. The fourth-order valence-electron chi connectivity index (χ4n) is 6.62. The lowest BCUT2D eigenvalue weighted by Gasteiger charge is -2.15. The van der Waals surface area contributed by atoms with Crippen molar-refractivity contribution >= 4 is 44.8 Å². The number of nitrogens with two attached hydrogens (primary N) is 1. The molecule has 7 aromatic rings. The summed E-state index contributed by atoms with van der Waals surface area (Å²) in [6.45, 7) is 6.97. The standard InChI is InChI=1S/C24H26FNO4.C12H10N2O.C8H12N2/c1-15(2)26-21-6-4-3-5-20(21)24(16-7-9-17(25)10-8-16)22(26)12-11-18(27)13-19(28)14-23(29)30;1-7-12-10(4-5-13-7)9-3-2-8(15)6-11(9)14-12;9-10-7-6-8-4-2-1-3-5-8/h3-12,15,18-19,27-28H,13-14H2,1-2H3,(H,29,30);2-6,13-14H,1H3;1-5,10H,6-7,9H2/b12-11+;;/t18-,19-;;/m1../s1. The van der Waals surface area contributed by atoms with E-state index in [-0.39, 0.29) is 23.7 Å². The molecule has 55 heavy (non-hydrogen) atoms. The fraction of sp³-hybridized carbons (Fsp3) is 0.227. The number of hydrazine groups is 1. The Balaban J connectivity index is 0.000000190. The molecule has 0 fully saturated rings. The zero-order valence-electron chi connectivity index (χ0n) is 31.2. The molecule has 0 unspecified atom stereocenters. The Morgan fingerprint density at radius 2 is 1.64 bits per heavy atom. The number of pyridine rings is 1. The number of benzene rings is 4. The number of aliphatic hydroxyl groups is 2. The van der Waals surface area contributed by atoms with Crippen LogP contribution in [0.1, 0.15) is 49.7 Å². The highest BCUT2D eigenvalue weighted by molar-refractivity contribution is 6.07. The fourth-order valence-corrected chi connectivity index (χ4v) is 6.62. The second-order valence-corrected chi connectivity index (χ2v) is 13.6. The summed E-state index contributed by atoms with van der Waals surface area (Å²) in [7, 11) is 0. The normalized spacial score (nSPS) is 12.4. The summed E-state index contributed by atoms with van der Waals surface area (Å²) in [5.74, 6) is 3.70. The van der Waals surface area contributed by atoms with Crippen molar-refractivity contribution < 1.29 is 24.5 Å². The molecule has 8 N–H and O–H groups in total. The molecule has 10 nitrogen and oxygen atoms in total. The van der Waals surface area contributed by atoms with Crippen molar-refractivity contribution in [3.8, 4) is 11.1 Å². The number of hydrogen-bond donors (Lipinski definition) is 7. The molecule has 2 atom stereocenters. The molecule has 3 heterocycles. The quantitative estimate of drug-likeness (QED) is 0.0527. The zero-order chi connectivity index (χ0) is 39.5. The summed E-state index contributed by atoms with van der Waals surface area (Å²) in [4.78, 5) is 28.3. The van der Waals surface area contributed by atoms with E-state index in [0.29, 0.717) is 0 Å². The number of para-hydroxylation sites is 1. The highest BCUT2D eigenvalue weighted by Gasteiger charge is 2.19. The molecule has 0 aliphatic rings. The van der Waals surface area contributed by atoms with Crippen LogP contribution in [0, 0.1) is 12.7 Å². The van der Waals surface area contributed by atoms with E-state index in [9.17, 15) is 24.2 Å². The molecule has 286 valence electrons. The average Bonchev–Trinajstić information content (AvgIpc) is 3.70. The number of hydrogen-bond acceptors (Lipinski definition) is 6. The molecule has 7 rings (SSSR count). The lowest BCUT2D eigenvalue weighted by molar-refractivity contribution is -0.139. The van der Waals surface area contributed by atoms with Gasteiger partial charge < -0.3 is 29.9 Å². The second kappa shape index (κ2) is 19.0. The number of aryl methyl sites for hydroxylation is 1. The van der Waals surface area contributed by atoms with Crippen molar-refractivity contribution in [2.45, 2.75) is 58.3 Å². The minimum Gasteiger partial charge on any atom is -0.481 e. The number of fused-ring (bicyclic) bond motifs is 4. The average molecular weight is 746 g/mol. The number of aromatic nitrogens is 3. The molecule has 0 aliphatic heterocycles. The van der Waals surface area contributed by atoms with E-state index in [0.717, 1.165) is 68.2 Å². The van der Waals surface area contributed by atoms with Gasteiger partial charge in [-0.05, 0) is 80.8 Å². The van der Waals surface area contributed by atoms with E-state index < -0.39 is 24.6 Å². The van der Waals surface area contributed by atoms with E-state index in [1.807, 2.05) is 67.7 Å². The van der Waals surface area contributed by atoms with Crippen molar-refractivity contribution in [2.24, 2.45) is 5.84 Å². The number of nitrogens with one attached hydrogen (secondary N) is 3. The lowest BCUT2D eigenvalue weighted by atomic mass is 10.0. The number of carbonyl (C=O) groups is 1. The van der Waals surface area contributed by atoms with Gasteiger partial charge in [0.2, 0.25) is 0 Å². The molecule has 11 heteroatoms. The van der Waals surface area contributed by atoms with E-state index in [2.05, 4.69) is 45.9 Å². The number of carboxylic acids is 1. The highest BCUT2D eigenvalue weighted by atomic mass is 19.1. The number of nitrogens with zero attached hydrogens (tertiary/aromatic N) is 1. The van der Waals surface area contributed by atoms with E-state index in [1.54, 1.807) is 36.4 Å². The molecule has 0 amide bonds. The highest BCUT2D eigenvalue weighted by Crippen LogP contribution is 2.38. The molecule has 0 saturated heterocycles. The predicted octanol–water partition coefficient (Wildman–Crippen LogP) is 7.64. The largest absolute Gasteiger partial charge is 0.481 e. The van der Waals surface area contributed by atoms with Crippen LogP contribution in [0.4, 0.5) is 4.39 Å². The maximum atomic E-state index is 13.5. The summed E-state index contributed by atoms with van der Waals surface area (Å²) in [5.41, 5.74) is 10.7. The van der Waals surface area contributed by atoms with Crippen LogP contribution in [0.25, 0.3) is 49.9 Å². The number of aromatic amines is 2. The van der Waals surface area contributed by atoms with Crippen LogP contribution < -0.4 is 16.7 Å². The first kappa shape index (κ1) is 40.3. The van der Waals surface area contributed by atoms with Crippen molar-refractivity contribution in [1.29, 1.82) is 0 Å². The van der Waals surface area contributed by atoms with Gasteiger partial charge in [-0.15, -0.1) is 0 Å². The Morgan fingerprint density at radius 1 is 0.927 bits per heavy atom. The molecule has 0 saturated carbocycles. The van der Waals surface area contributed by atoms with E-state index >= 15 is 0 Å². The number of halogens is 1. The molecule has 0 aliphatic carbocycles. The van der Waals surface area contributed by atoms with Crippen LogP contribution in [-0.2, 0) is 11.2 Å². The third-order valence-electron chi connectivity index (χ3n) is 9.13. The number of carboxylic acid groups (broad SMARTS) is 1. The van der Waals surface area contributed by atoms with Crippen LogP contribution in [0.2, 0.25) is 0 Å². The van der Waals surface area contributed by atoms with Gasteiger partial charge in [0.1, 0.15) is 5.82 Å². The summed E-state index contributed by atoms with van der Waals surface area (Å²) in [6.07, 6.45) is 3.64. The van der Waals surface area contributed by atoms with Crippen LogP contribution in [0.15, 0.2) is 120 Å². The van der Waals surface area contributed by atoms with Crippen LogP contribution in [-0.4, -0.2) is 54.6 Å². The Hall–Kier alpha value is -5.85. The van der Waals surface area contributed by atoms with Crippen LogP contribution in [0.3, 0.4) is 0 Å². The lowest BCUT2D eigenvalue weighted by Crippen LogP contribution is -2.24. The number of aliphatic hydroxyl groups excluding tert-OH is 2. The van der Waals surface area contributed by atoms with Crippen molar-refractivity contribution in [3.05, 3.63) is 148 Å². The molecule has 4 aromatic carbocycles. The van der Waals surface area contributed by atoms with Gasteiger partial charge in [-0.2, -0.15) is 0 Å². The Kier molecular flexibility index (Phi) is 13.9. The van der Waals surface area contributed by atoms with Gasteiger partial charge in [0.05, 0.1) is 29.7 Å². The maximum Gasteiger partial charge on any atom is 0.305 e. The SMILES string of the molecule is CC(C)n1c(/C=C/[C@@H](O)C[C@@H](O)CC(=O)O)c(-c2ccc(F)cc2)c2ccccc21.Cc1[nH]ccc2c1[nH]c1cc(=O)ccc12.NNCCc1ccccc1. The minimum atomic E-state index is -1.13. The van der Waals surface area contributed by atoms with Gasteiger partial charge in [0.15, 0.2) is 5.43 Å². The van der Waals surface area contributed by atoms with Gasteiger partial charge >= 0.3 is 5.97 Å². The number of H-pyrrole nitrogens is 2. The third-order valence-corrected chi connectivity index (χ3v) is 9.13. The Labute approximate surface area is 318 Å². The van der Waals surface area contributed by atoms with Crippen molar-refractivity contribution in [3.63, 3.8) is 0 Å². The van der Waals surface area contributed by atoms with Gasteiger partial charge in [0, 0.05) is 69.9 Å². The predicted molar refractivity (Wildman–Crippen MR) is 219 cm³/mol. The smallest absolute Gasteiger partial charge is 0.305 e. The van der Waals surface area contributed by atoms with Gasteiger partial charge in [-0.1, -0.05) is 66.7 Å². The Bertz CT molecular complexity index is 2420. The molecule has 3 aromatic heterocycles. The van der Waals surface area contributed by atoms with Crippen LogP contribution in [0.5, 0.6) is 0 Å². The monoisotopic (exact) mass is 745 g/mol. The topological polar surface area (TPSA) is 169 Å². The molecule has 0 bridgehead atoms. The number of rotatable bonds is 11. The van der Waals surface area contributed by atoms with Crippen LogP contribution >= 0.6 is 0 Å². The van der Waals surface area contributed by atoms with Gasteiger partial charge in [-0.3, -0.25) is 20.9 Å². The van der Waals surface area contributed by atoms with E-state index in [1.165, 1.54) is 17.7 Å². The summed E-state index contributed by atoms with van der Waals surface area (Å²) in [5, 5.41) is 32.1. The summed E-state index contributed by atoms with van der Waals surface area (Å²) >= 11 is 0. The maximum absolute atomic E-state index is 13.5. The first-order chi connectivity index (χ1) is 26.5. The summed E-state index contributed by atoms with van der Waals surface area (Å²) in [6, 6.07) is 31.7. The first-order valence-electron chi connectivity index (χ1n) is 18.2. The van der Waals surface area contributed by atoms with Gasteiger partial charge in [-0.25, -0.2) is 4.39 Å². The molecular formula is C44H48FN5O5. The zero-order valence-corrected chi connectivity index (χ0v) is 31.2. The van der Waals surface area contributed by atoms with E-state index in [4.69, 9.17) is 10.9 Å². The van der Waals surface area contributed by atoms with Crippen molar-refractivity contribution in [1.82, 2.24) is 20.0 Å². The first-order valence-corrected chi connectivity index (χ1v) is 18.2. The van der Waals surface area contributed by atoms with Crippen molar-refractivity contribution in [2.75, 3.05) is 6.54 Å². The van der Waals surface area contributed by atoms with Gasteiger partial charge in [0.25, 0.3) is 0 Å².